The predicted octanol–water partition coefficient (Wildman–Crippen LogP) is 1.82. The summed E-state index contributed by atoms with van der Waals surface area (Å²) in [6.45, 7) is 6.35. The average Bonchev–Trinajstić information content (AvgIpc) is 2.37. The minimum absolute atomic E-state index is 0.0343. The molecule has 0 aliphatic rings. The molecule has 0 radical (unpaired) electrons. The molecule has 3 N–H and O–H groups in total. The molecule has 1 aromatic carbocycles. The van der Waals surface area contributed by atoms with Crippen LogP contribution < -0.4 is 16.0 Å². The minimum atomic E-state index is 0.0343. The van der Waals surface area contributed by atoms with E-state index in [-0.39, 0.29) is 5.91 Å². The Bertz CT molecular complexity index is 348. The van der Waals surface area contributed by atoms with Crippen molar-refractivity contribution in [3.05, 3.63) is 24.3 Å². The van der Waals surface area contributed by atoms with Crippen molar-refractivity contribution in [2.24, 2.45) is 5.73 Å². The summed E-state index contributed by atoms with van der Waals surface area (Å²) in [4.78, 5) is 13.4. The summed E-state index contributed by atoms with van der Waals surface area (Å²) < 4.78 is 0. The van der Waals surface area contributed by atoms with E-state index in [1.165, 1.54) is 0 Å². The van der Waals surface area contributed by atoms with Gasteiger partial charge in [-0.25, -0.2) is 0 Å². The normalized spacial score (nSPS) is 10.1. The molecule has 0 aliphatic carbocycles. The van der Waals surface area contributed by atoms with Gasteiger partial charge in [-0.3, -0.25) is 4.79 Å². The number of carbonyl (C=O) groups excluding carboxylic acids is 1. The molecule has 0 spiro atoms. The highest BCUT2D eigenvalue weighted by Gasteiger charge is 2.03. The molecule has 1 rings (SSSR count). The fourth-order valence-corrected chi connectivity index (χ4v) is 1.63. The largest absolute Gasteiger partial charge is 0.371 e. The summed E-state index contributed by atoms with van der Waals surface area (Å²) in [7, 11) is 0. The predicted molar refractivity (Wildman–Crippen MR) is 72.3 cm³/mol. The maximum atomic E-state index is 11.2. The van der Waals surface area contributed by atoms with Crippen molar-refractivity contribution in [2.75, 3.05) is 29.9 Å². The number of likely N-dealkylation sites (N-methyl/N-ethyl adjacent to an activating group) is 1. The van der Waals surface area contributed by atoms with Crippen LogP contribution in [0.1, 0.15) is 20.3 Å². The zero-order chi connectivity index (χ0) is 12.7. The van der Waals surface area contributed by atoms with Crippen molar-refractivity contribution in [1.29, 1.82) is 0 Å². The molecule has 4 heteroatoms. The van der Waals surface area contributed by atoms with Crippen LogP contribution in [0, 0.1) is 0 Å². The Labute approximate surface area is 103 Å². The Balaban J connectivity index is 2.69. The number of hydrogen-bond donors (Lipinski definition) is 2. The Kier molecular flexibility index (Phi) is 5.49. The number of rotatable bonds is 6. The van der Waals surface area contributed by atoms with E-state index in [1.54, 1.807) is 0 Å². The molecule has 0 fully saturated rings. The van der Waals surface area contributed by atoms with E-state index in [2.05, 4.69) is 17.1 Å². The highest BCUT2D eigenvalue weighted by Crippen LogP contribution is 2.17. The molecule has 0 atom stereocenters. The van der Waals surface area contributed by atoms with Gasteiger partial charge >= 0.3 is 0 Å². The van der Waals surface area contributed by atoms with Crippen LogP contribution in [0.15, 0.2) is 24.3 Å². The Morgan fingerprint density at radius 2 is 1.94 bits per heavy atom. The van der Waals surface area contributed by atoms with Gasteiger partial charge in [-0.2, -0.15) is 0 Å². The molecule has 0 unspecified atom stereocenters. The van der Waals surface area contributed by atoms with E-state index in [4.69, 9.17) is 5.73 Å². The number of nitrogens with two attached hydrogens (primary N) is 1. The lowest BCUT2D eigenvalue weighted by Crippen LogP contribution is -2.28. The van der Waals surface area contributed by atoms with Crippen LogP contribution in [0.2, 0.25) is 0 Å². The number of nitrogens with zero attached hydrogens (tertiary/aromatic N) is 1. The van der Waals surface area contributed by atoms with Gasteiger partial charge in [-0.1, -0.05) is 6.92 Å². The monoisotopic (exact) mass is 235 g/mol. The third-order valence-electron chi connectivity index (χ3n) is 2.62. The molecule has 0 aliphatic heterocycles. The second-order valence-electron chi connectivity index (χ2n) is 3.82. The van der Waals surface area contributed by atoms with Gasteiger partial charge in [0.05, 0.1) is 0 Å². The van der Waals surface area contributed by atoms with Gasteiger partial charge in [0.2, 0.25) is 5.91 Å². The summed E-state index contributed by atoms with van der Waals surface area (Å²) in [6, 6.07) is 7.85. The molecule has 4 nitrogen and oxygen atoms in total. The van der Waals surface area contributed by atoms with Crippen LogP contribution in [-0.4, -0.2) is 25.5 Å². The highest BCUT2D eigenvalue weighted by atomic mass is 16.1. The topological polar surface area (TPSA) is 58.4 Å². The van der Waals surface area contributed by atoms with Gasteiger partial charge in [0, 0.05) is 37.4 Å². The number of amides is 1. The Morgan fingerprint density at radius 1 is 1.29 bits per heavy atom. The third-order valence-corrected chi connectivity index (χ3v) is 2.62. The fraction of sp³-hybridized carbons (Fsp3) is 0.462. The van der Waals surface area contributed by atoms with Gasteiger partial charge in [-0.05, 0) is 31.2 Å². The van der Waals surface area contributed by atoms with Gasteiger partial charge in [0.25, 0.3) is 0 Å². The third kappa shape index (κ3) is 4.07. The number of carbonyl (C=O) groups is 1. The van der Waals surface area contributed by atoms with Crippen molar-refractivity contribution < 1.29 is 4.79 Å². The fourth-order valence-electron chi connectivity index (χ4n) is 1.63. The van der Waals surface area contributed by atoms with E-state index in [0.29, 0.717) is 13.0 Å². The summed E-state index contributed by atoms with van der Waals surface area (Å²) in [6.07, 6.45) is 0.496. The lowest BCUT2D eigenvalue weighted by atomic mass is 10.2. The first-order valence-electron chi connectivity index (χ1n) is 6.06. The molecular weight excluding hydrogens is 214 g/mol. The number of hydrogen-bond acceptors (Lipinski definition) is 3. The van der Waals surface area contributed by atoms with E-state index in [1.807, 2.05) is 31.2 Å². The molecular formula is C13H21N3O. The second kappa shape index (κ2) is 6.91. The lowest BCUT2D eigenvalue weighted by molar-refractivity contribution is -0.115. The first kappa shape index (κ1) is 13.5. The molecule has 0 saturated heterocycles. The zero-order valence-electron chi connectivity index (χ0n) is 10.6. The first-order valence-corrected chi connectivity index (χ1v) is 6.06. The van der Waals surface area contributed by atoms with Crippen LogP contribution in [-0.2, 0) is 4.79 Å². The Hall–Kier alpha value is -1.55. The van der Waals surface area contributed by atoms with E-state index < -0.39 is 0 Å². The van der Waals surface area contributed by atoms with Crippen molar-refractivity contribution in [3.63, 3.8) is 0 Å². The number of anilines is 2. The van der Waals surface area contributed by atoms with Crippen LogP contribution in [0.4, 0.5) is 11.4 Å². The molecule has 1 amide bonds. The molecule has 17 heavy (non-hydrogen) atoms. The van der Waals surface area contributed by atoms with Crippen LogP contribution in [0.3, 0.4) is 0 Å². The van der Waals surface area contributed by atoms with Crippen LogP contribution >= 0.6 is 0 Å². The van der Waals surface area contributed by atoms with Crippen molar-refractivity contribution in [3.8, 4) is 0 Å². The number of nitrogens with one attached hydrogen (secondary N) is 1. The molecule has 0 saturated carbocycles. The van der Waals surface area contributed by atoms with Gasteiger partial charge in [-0.15, -0.1) is 0 Å². The maximum Gasteiger partial charge on any atom is 0.224 e. The Morgan fingerprint density at radius 3 is 2.41 bits per heavy atom. The maximum absolute atomic E-state index is 11.2. The van der Waals surface area contributed by atoms with Gasteiger partial charge in [0.1, 0.15) is 0 Å². The standard InChI is InChI=1S/C13H21N3O/c1-3-13(17)15-11-5-7-12(8-6-11)16(4-2)10-9-14/h5-8H,3-4,9-10,14H2,1-2H3,(H,15,17). The zero-order valence-corrected chi connectivity index (χ0v) is 10.6. The molecule has 1 aromatic rings. The van der Waals surface area contributed by atoms with E-state index in [0.717, 1.165) is 24.5 Å². The van der Waals surface area contributed by atoms with E-state index in [9.17, 15) is 4.79 Å². The lowest BCUT2D eigenvalue weighted by Gasteiger charge is -2.22. The van der Waals surface area contributed by atoms with Crippen LogP contribution in [0.5, 0.6) is 0 Å². The molecule has 0 bridgehead atoms. The molecule has 0 aromatic heterocycles. The van der Waals surface area contributed by atoms with Crippen LogP contribution in [0.25, 0.3) is 0 Å². The van der Waals surface area contributed by atoms with Gasteiger partial charge < -0.3 is 16.0 Å². The molecule has 0 heterocycles. The van der Waals surface area contributed by atoms with Gasteiger partial charge in [0.15, 0.2) is 0 Å². The highest BCUT2D eigenvalue weighted by molar-refractivity contribution is 5.90. The number of benzene rings is 1. The second-order valence-corrected chi connectivity index (χ2v) is 3.82. The summed E-state index contributed by atoms with van der Waals surface area (Å²) >= 11 is 0. The minimum Gasteiger partial charge on any atom is -0.371 e. The van der Waals surface area contributed by atoms with E-state index >= 15 is 0 Å². The SMILES string of the molecule is CCC(=O)Nc1ccc(N(CC)CCN)cc1. The quantitative estimate of drug-likeness (QED) is 0.790. The summed E-state index contributed by atoms with van der Waals surface area (Å²) in [5, 5.41) is 2.83. The first-order chi connectivity index (χ1) is 8.21. The smallest absolute Gasteiger partial charge is 0.224 e. The van der Waals surface area contributed by atoms with Crippen molar-refractivity contribution in [2.45, 2.75) is 20.3 Å². The average molecular weight is 235 g/mol. The van der Waals surface area contributed by atoms with Crippen molar-refractivity contribution >= 4 is 17.3 Å². The summed E-state index contributed by atoms with van der Waals surface area (Å²) in [5.41, 5.74) is 7.53. The van der Waals surface area contributed by atoms with Crippen molar-refractivity contribution in [1.82, 2.24) is 0 Å². The summed E-state index contributed by atoms with van der Waals surface area (Å²) in [5.74, 6) is 0.0343. The molecule has 94 valence electrons.